The van der Waals surface area contributed by atoms with Gasteiger partial charge in [-0.25, -0.2) is 0 Å². The van der Waals surface area contributed by atoms with Crippen LogP contribution < -0.4 is 5.32 Å². The lowest BCUT2D eigenvalue weighted by molar-refractivity contribution is -0.139. The van der Waals surface area contributed by atoms with Crippen molar-refractivity contribution in [3.8, 4) is 0 Å². The van der Waals surface area contributed by atoms with Crippen molar-refractivity contribution in [1.29, 1.82) is 0 Å². The maximum absolute atomic E-state index is 13.3. The molecule has 1 N–H and O–H groups in total. The molecule has 0 radical (unpaired) electrons. The van der Waals surface area contributed by atoms with E-state index >= 15 is 0 Å². The zero-order valence-electron chi connectivity index (χ0n) is 20.3. The van der Waals surface area contributed by atoms with Gasteiger partial charge in [-0.1, -0.05) is 56.3 Å². The summed E-state index contributed by atoms with van der Waals surface area (Å²) in [6, 6.07) is 13.4. The number of nitrogens with one attached hydrogen (secondary N) is 1. The molecule has 2 fully saturated rings. The van der Waals surface area contributed by atoms with E-state index in [1.807, 2.05) is 66.1 Å². The topological polar surface area (TPSA) is 73.0 Å². The normalized spacial score (nSPS) is 17.9. The zero-order valence-corrected chi connectivity index (χ0v) is 20.3. The first-order valence-corrected chi connectivity index (χ1v) is 12.5. The molecule has 182 valence electrons. The number of hydrogen-bond acceptors (Lipinski definition) is 4. The largest absolute Gasteiger partial charge is 0.344 e. The van der Waals surface area contributed by atoms with E-state index in [0.29, 0.717) is 32.7 Å². The van der Waals surface area contributed by atoms with Crippen LogP contribution >= 0.6 is 0 Å². The average Bonchev–Trinajstić information content (AvgIpc) is 3.38. The highest BCUT2D eigenvalue weighted by Crippen LogP contribution is 2.19. The minimum Gasteiger partial charge on any atom is -0.344 e. The Hall–Kier alpha value is -2.93. The summed E-state index contributed by atoms with van der Waals surface area (Å²) in [5.41, 5.74) is 0.960. The molecule has 0 aromatic heterocycles. The van der Waals surface area contributed by atoms with Gasteiger partial charge in [0.15, 0.2) is 0 Å². The van der Waals surface area contributed by atoms with E-state index < -0.39 is 6.04 Å². The molecule has 2 aromatic rings. The van der Waals surface area contributed by atoms with Gasteiger partial charge >= 0.3 is 0 Å². The first-order chi connectivity index (χ1) is 16.4. The smallest absolute Gasteiger partial charge is 0.245 e. The Morgan fingerprint density at radius 2 is 1.53 bits per heavy atom. The van der Waals surface area contributed by atoms with Crippen molar-refractivity contribution in [3.63, 3.8) is 0 Å². The van der Waals surface area contributed by atoms with E-state index in [0.717, 1.165) is 42.3 Å². The molecule has 0 spiro atoms. The molecule has 2 aliphatic heterocycles. The number of carbonyl (C=O) groups excluding carboxylic acids is 3. The highest BCUT2D eigenvalue weighted by atomic mass is 16.2. The summed E-state index contributed by atoms with van der Waals surface area (Å²) in [4.78, 5) is 44.6. The SMILES string of the molecule is CC(C)[C@H](NC(=O)Cc1cccc2ccccc12)C(=O)N1CCN(CC(=O)N2CCCC2)CC1. The Morgan fingerprint density at radius 1 is 0.853 bits per heavy atom. The highest BCUT2D eigenvalue weighted by Gasteiger charge is 2.31. The van der Waals surface area contributed by atoms with Gasteiger partial charge in [0, 0.05) is 39.3 Å². The number of rotatable bonds is 7. The van der Waals surface area contributed by atoms with E-state index in [9.17, 15) is 14.4 Å². The summed E-state index contributed by atoms with van der Waals surface area (Å²) in [7, 11) is 0. The summed E-state index contributed by atoms with van der Waals surface area (Å²) < 4.78 is 0. The molecule has 0 unspecified atom stereocenters. The maximum atomic E-state index is 13.3. The third-order valence-electron chi connectivity index (χ3n) is 6.98. The van der Waals surface area contributed by atoms with Crippen LogP contribution in [0.4, 0.5) is 0 Å². The number of piperazine rings is 1. The fraction of sp³-hybridized carbons (Fsp3) is 0.519. The minimum absolute atomic E-state index is 0.0151. The summed E-state index contributed by atoms with van der Waals surface area (Å²) in [5.74, 6) is 0.00168. The van der Waals surface area contributed by atoms with Gasteiger partial charge in [0.2, 0.25) is 17.7 Å². The molecule has 2 heterocycles. The Balaban J connectivity index is 1.32. The summed E-state index contributed by atoms with van der Waals surface area (Å²) in [6.07, 6.45) is 2.43. The second-order valence-corrected chi connectivity index (χ2v) is 9.79. The van der Waals surface area contributed by atoms with E-state index in [1.165, 1.54) is 0 Å². The van der Waals surface area contributed by atoms with Crippen molar-refractivity contribution in [2.75, 3.05) is 45.8 Å². The van der Waals surface area contributed by atoms with Crippen LogP contribution in [0.5, 0.6) is 0 Å². The Bertz CT molecular complexity index is 1020. The van der Waals surface area contributed by atoms with Gasteiger partial charge in [-0.3, -0.25) is 19.3 Å². The quantitative estimate of drug-likeness (QED) is 0.683. The number of hydrogen-bond donors (Lipinski definition) is 1. The van der Waals surface area contributed by atoms with Gasteiger partial charge in [-0.05, 0) is 35.1 Å². The first-order valence-electron chi connectivity index (χ1n) is 12.5. The average molecular weight is 465 g/mol. The van der Waals surface area contributed by atoms with Crippen LogP contribution in [-0.4, -0.2) is 84.3 Å². The first kappa shape index (κ1) is 24.2. The lowest BCUT2D eigenvalue weighted by Gasteiger charge is -2.37. The molecular weight excluding hydrogens is 428 g/mol. The fourth-order valence-corrected chi connectivity index (χ4v) is 4.94. The molecule has 34 heavy (non-hydrogen) atoms. The van der Waals surface area contributed by atoms with Gasteiger partial charge in [0.1, 0.15) is 6.04 Å². The van der Waals surface area contributed by atoms with Crippen LogP contribution in [0.15, 0.2) is 42.5 Å². The third kappa shape index (κ3) is 5.76. The molecule has 0 saturated carbocycles. The van der Waals surface area contributed by atoms with Crippen molar-refractivity contribution in [2.45, 2.75) is 39.2 Å². The Morgan fingerprint density at radius 3 is 2.24 bits per heavy atom. The Labute approximate surface area is 202 Å². The predicted octanol–water partition coefficient (Wildman–Crippen LogP) is 2.29. The molecular formula is C27H36N4O3. The predicted molar refractivity (Wildman–Crippen MR) is 133 cm³/mol. The molecule has 2 saturated heterocycles. The standard InChI is InChI=1S/C27H36N4O3/c1-20(2)26(28-24(32)18-22-10-7-9-21-8-3-4-11-23(21)22)27(34)31-16-14-29(15-17-31)19-25(33)30-12-5-6-13-30/h3-4,7-11,20,26H,5-6,12-19H2,1-2H3,(H,28,32)/t26-/m0/s1. The van der Waals surface area contributed by atoms with Gasteiger partial charge in [0.25, 0.3) is 0 Å². The summed E-state index contributed by atoms with van der Waals surface area (Å²) in [5, 5.41) is 5.17. The van der Waals surface area contributed by atoms with Crippen molar-refractivity contribution < 1.29 is 14.4 Å². The van der Waals surface area contributed by atoms with Crippen LogP contribution in [0.1, 0.15) is 32.3 Å². The highest BCUT2D eigenvalue weighted by molar-refractivity contribution is 5.92. The van der Waals surface area contributed by atoms with Crippen LogP contribution in [0.3, 0.4) is 0 Å². The van der Waals surface area contributed by atoms with E-state index in [4.69, 9.17) is 0 Å². The maximum Gasteiger partial charge on any atom is 0.245 e. The molecule has 0 aliphatic carbocycles. The van der Waals surface area contributed by atoms with E-state index in [-0.39, 0.29) is 30.1 Å². The Kier molecular flexibility index (Phi) is 7.83. The number of amides is 3. The lowest BCUT2D eigenvalue weighted by atomic mass is 9.99. The van der Waals surface area contributed by atoms with E-state index in [2.05, 4.69) is 10.2 Å². The van der Waals surface area contributed by atoms with Crippen LogP contribution in [0, 0.1) is 5.92 Å². The number of nitrogens with zero attached hydrogens (tertiary/aromatic N) is 3. The number of carbonyl (C=O) groups is 3. The van der Waals surface area contributed by atoms with Crippen molar-refractivity contribution >= 4 is 28.5 Å². The molecule has 7 nitrogen and oxygen atoms in total. The monoisotopic (exact) mass is 464 g/mol. The second kappa shape index (κ2) is 11.0. The summed E-state index contributed by atoms with van der Waals surface area (Å²) >= 11 is 0. The van der Waals surface area contributed by atoms with Crippen molar-refractivity contribution in [2.24, 2.45) is 5.92 Å². The zero-order chi connectivity index (χ0) is 24.1. The van der Waals surface area contributed by atoms with Gasteiger partial charge in [0.05, 0.1) is 13.0 Å². The van der Waals surface area contributed by atoms with Gasteiger partial charge in [-0.15, -0.1) is 0 Å². The fourth-order valence-electron chi connectivity index (χ4n) is 4.94. The van der Waals surface area contributed by atoms with Crippen LogP contribution in [-0.2, 0) is 20.8 Å². The van der Waals surface area contributed by atoms with Gasteiger partial charge in [-0.2, -0.15) is 0 Å². The molecule has 3 amide bonds. The lowest BCUT2D eigenvalue weighted by Crippen LogP contribution is -2.57. The number of likely N-dealkylation sites (tertiary alicyclic amines) is 1. The molecule has 4 rings (SSSR count). The van der Waals surface area contributed by atoms with Crippen LogP contribution in [0.25, 0.3) is 10.8 Å². The molecule has 1 atom stereocenters. The molecule has 2 aliphatic rings. The number of benzene rings is 2. The third-order valence-corrected chi connectivity index (χ3v) is 6.98. The molecule has 0 bridgehead atoms. The minimum atomic E-state index is -0.555. The van der Waals surface area contributed by atoms with Crippen molar-refractivity contribution in [3.05, 3.63) is 48.0 Å². The molecule has 7 heteroatoms. The van der Waals surface area contributed by atoms with Crippen molar-refractivity contribution in [1.82, 2.24) is 20.0 Å². The van der Waals surface area contributed by atoms with Gasteiger partial charge < -0.3 is 15.1 Å². The van der Waals surface area contributed by atoms with E-state index in [1.54, 1.807) is 0 Å². The summed E-state index contributed by atoms with van der Waals surface area (Å²) in [6.45, 7) is 8.61. The number of fused-ring (bicyclic) bond motifs is 1. The van der Waals surface area contributed by atoms with Crippen LogP contribution in [0.2, 0.25) is 0 Å². The second-order valence-electron chi connectivity index (χ2n) is 9.79. The molecule has 2 aromatic carbocycles.